The Morgan fingerprint density at radius 3 is 2.81 bits per heavy atom. The lowest BCUT2D eigenvalue weighted by atomic mass is 10.1. The summed E-state index contributed by atoms with van der Waals surface area (Å²) in [6.07, 6.45) is 2.27. The highest BCUT2D eigenvalue weighted by molar-refractivity contribution is 9.10. The fourth-order valence-electron chi connectivity index (χ4n) is 2.25. The summed E-state index contributed by atoms with van der Waals surface area (Å²) in [5.74, 6) is 0. The van der Waals surface area contributed by atoms with Crippen molar-refractivity contribution in [3.63, 3.8) is 0 Å². The second-order valence-corrected chi connectivity index (χ2v) is 5.25. The molecule has 0 aliphatic heterocycles. The van der Waals surface area contributed by atoms with Crippen LogP contribution in [0.25, 0.3) is 10.8 Å². The average Bonchev–Trinajstić information content (AvgIpc) is 3.01. The molecule has 1 aromatic heterocycles. The fraction of sp³-hybridized carbons (Fsp3) is 0.308. The Bertz CT molecular complexity index is 626. The molecule has 0 unspecified atom stereocenters. The summed E-state index contributed by atoms with van der Waals surface area (Å²) in [5.41, 5.74) is 1.21. The standard InChI is InChI=1S/C13H12BrNO/c1-8-7-9-3-2-4-11(14)12(9)13(16)15(8)10-5-6-10/h2-4,7,10H,5-6H2,1H3. The number of rotatable bonds is 1. The molecule has 0 amide bonds. The summed E-state index contributed by atoms with van der Waals surface area (Å²) in [6.45, 7) is 2.01. The van der Waals surface area contributed by atoms with Gasteiger partial charge in [0, 0.05) is 16.2 Å². The molecule has 2 aromatic rings. The first-order valence-corrected chi connectivity index (χ1v) is 6.28. The van der Waals surface area contributed by atoms with Crippen molar-refractivity contribution < 1.29 is 0 Å². The largest absolute Gasteiger partial charge is 0.309 e. The van der Waals surface area contributed by atoms with Crippen LogP contribution in [0.4, 0.5) is 0 Å². The molecule has 0 saturated heterocycles. The van der Waals surface area contributed by atoms with Crippen LogP contribution in [0.3, 0.4) is 0 Å². The zero-order valence-electron chi connectivity index (χ0n) is 9.03. The van der Waals surface area contributed by atoms with Gasteiger partial charge in [0.05, 0.1) is 5.39 Å². The Morgan fingerprint density at radius 1 is 1.38 bits per heavy atom. The summed E-state index contributed by atoms with van der Waals surface area (Å²) >= 11 is 3.46. The number of fused-ring (bicyclic) bond motifs is 1. The molecule has 0 bridgehead atoms. The van der Waals surface area contributed by atoms with Gasteiger partial charge < -0.3 is 4.57 Å². The highest BCUT2D eigenvalue weighted by Crippen LogP contribution is 2.35. The van der Waals surface area contributed by atoms with E-state index in [1.807, 2.05) is 29.7 Å². The number of benzene rings is 1. The van der Waals surface area contributed by atoms with Crippen molar-refractivity contribution in [1.82, 2.24) is 4.57 Å². The molecule has 1 heterocycles. The first-order chi connectivity index (χ1) is 7.68. The third-order valence-electron chi connectivity index (χ3n) is 3.13. The van der Waals surface area contributed by atoms with Gasteiger partial charge in [-0.1, -0.05) is 12.1 Å². The van der Waals surface area contributed by atoms with Crippen LogP contribution < -0.4 is 5.56 Å². The number of aromatic nitrogens is 1. The van der Waals surface area contributed by atoms with Gasteiger partial charge in [-0.2, -0.15) is 0 Å². The number of hydrogen-bond donors (Lipinski definition) is 0. The van der Waals surface area contributed by atoms with Crippen LogP contribution in [0.2, 0.25) is 0 Å². The van der Waals surface area contributed by atoms with Gasteiger partial charge in [-0.25, -0.2) is 0 Å². The Morgan fingerprint density at radius 2 is 2.12 bits per heavy atom. The zero-order chi connectivity index (χ0) is 11.3. The van der Waals surface area contributed by atoms with Gasteiger partial charge in [-0.05, 0) is 53.2 Å². The second-order valence-electron chi connectivity index (χ2n) is 4.40. The van der Waals surface area contributed by atoms with Crippen molar-refractivity contribution in [2.75, 3.05) is 0 Å². The van der Waals surface area contributed by atoms with Gasteiger partial charge in [0.2, 0.25) is 0 Å². The summed E-state index contributed by atoms with van der Waals surface area (Å²) in [6, 6.07) is 8.42. The number of hydrogen-bond acceptors (Lipinski definition) is 1. The van der Waals surface area contributed by atoms with Crippen molar-refractivity contribution in [3.05, 3.63) is 44.8 Å². The van der Waals surface area contributed by atoms with Crippen molar-refractivity contribution in [1.29, 1.82) is 0 Å². The van der Waals surface area contributed by atoms with Gasteiger partial charge in [-0.3, -0.25) is 4.79 Å². The molecule has 82 valence electrons. The van der Waals surface area contributed by atoms with Crippen LogP contribution in [0.5, 0.6) is 0 Å². The van der Waals surface area contributed by atoms with E-state index in [0.29, 0.717) is 6.04 Å². The molecule has 1 fully saturated rings. The van der Waals surface area contributed by atoms with Crippen molar-refractivity contribution in [2.24, 2.45) is 0 Å². The van der Waals surface area contributed by atoms with Crippen LogP contribution in [-0.2, 0) is 0 Å². The minimum atomic E-state index is 0.143. The molecule has 0 N–H and O–H groups in total. The van der Waals surface area contributed by atoms with E-state index >= 15 is 0 Å². The van der Waals surface area contributed by atoms with E-state index < -0.39 is 0 Å². The second kappa shape index (κ2) is 3.45. The quantitative estimate of drug-likeness (QED) is 0.783. The fourth-order valence-corrected chi connectivity index (χ4v) is 2.80. The number of aryl methyl sites for hydroxylation is 1. The van der Waals surface area contributed by atoms with Gasteiger partial charge in [-0.15, -0.1) is 0 Å². The maximum absolute atomic E-state index is 12.4. The highest BCUT2D eigenvalue weighted by atomic mass is 79.9. The lowest BCUT2D eigenvalue weighted by Gasteiger charge is -2.11. The molecule has 1 aliphatic rings. The smallest absolute Gasteiger partial charge is 0.260 e. The highest BCUT2D eigenvalue weighted by Gasteiger charge is 2.26. The lowest BCUT2D eigenvalue weighted by Crippen LogP contribution is -2.21. The predicted octanol–water partition coefficient (Wildman–Crippen LogP) is 3.41. The van der Waals surface area contributed by atoms with Crippen LogP contribution in [0, 0.1) is 6.92 Å². The van der Waals surface area contributed by atoms with E-state index in [1.165, 1.54) is 0 Å². The van der Waals surface area contributed by atoms with Crippen LogP contribution in [-0.4, -0.2) is 4.57 Å². The minimum absolute atomic E-state index is 0.143. The molecule has 3 heteroatoms. The molecule has 0 atom stereocenters. The van der Waals surface area contributed by atoms with E-state index in [9.17, 15) is 4.79 Å². The molecule has 3 rings (SSSR count). The molecular weight excluding hydrogens is 266 g/mol. The Hall–Kier alpha value is -1.09. The summed E-state index contributed by atoms with van der Waals surface area (Å²) < 4.78 is 2.83. The topological polar surface area (TPSA) is 22.0 Å². The van der Waals surface area contributed by atoms with Gasteiger partial charge in [0.1, 0.15) is 0 Å². The molecule has 2 nitrogen and oxygen atoms in total. The minimum Gasteiger partial charge on any atom is -0.309 e. The Kier molecular flexibility index (Phi) is 2.18. The van der Waals surface area contributed by atoms with Crippen LogP contribution in [0.15, 0.2) is 33.5 Å². The van der Waals surface area contributed by atoms with E-state index in [1.54, 1.807) is 0 Å². The van der Waals surface area contributed by atoms with Crippen molar-refractivity contribution >= 4 is 26.7 Å². The van der Waals surface area contributed by atoms with Gasteiger partial charge in [0.25, 0.3) is 5.56 Å². The molecule has 1 aliphatic carbocycles. The van der Waals surface area contributed by atoms with E-state index in [-0.39, 0.29) is 5.56 Å². The van der Waals surface area contributed by atoms with E-state index in [4.69, 9.17) is 0 Å². The monoisotopic (exact) mass is 277 g/mol. The molecule has 0 radical (unpaired) electrons. The molecule has 16 heavy (non-hydrogen) atoms. The third-order valence-corrected chi connectivity index (χ3v) is 3.80. The summed E-state index contributed by atoms with van der Waals surface area (Å²) in [7, 11) is 0. The molecular formula is C13H12BrNO. The van der Waals surface area contributed by atoms with Gasteiger partial charge in [0.15, 0.2) is 0 Å². The van der Waals surface area contributed by atoms with E-state index in [0.717, 1.165) is 33.8 Å². The zero-order valence-corrected chi connectivity index (χ0v) is 10.6. The van der Waals surface area contributed by atoms with Crippen molar-refractivity contribution in [2.45, 2.75) is 25.8 Å². The van der Waals surface area contributed by atoms with Gasteiger partial charge >= 0.3 is 0 Å². The molecule has 0 spiro atoms. The lowest BCUT2D eigenvalue weighted by molar-refractivity contribution is 0.689. The van der Waals surface area contributed by atoms with Crippen molar-refractivity contribution in [3.8, 4) is 0 Å². The number of pyridine rings is 1. The maximum Gasteiger partial charge on any atom is 0.260 e. The predicted molar refractivity (Wildman–Crippen MR) is 68.9 cm³/mol. The average molecular weight is 278 g/mol. The first-order valence-electron chi connectivity index (χ1n) is 5.49. The summed E-state index contributed by atoms with van der Waals surface area (Å²) in [4.78, 5) is 12.4. The van der Waals surface area contributed by atoms with Crippen LogP contribution >= 0.6 is 15.9 Å². The normalized spacial score (nSPS) is 15.6. The first kappa shape index (κ1) is 10.1. The molecule has 1 aromatic carbocycles. The maximum atomic E-state index is 12.4. The number of nitrogens with zero attached hydrogens (tertiary/aromatic N) is 1. The third kappa shape index (κ3) is 1.42. The molecule has 1 saturated carbocycles. The van der Waals surface area contributed by atoms with Crippen LogP contribution in [0.1, 0.15) is 24.6 Å². The van der Waals surface area contributed by atoms with E-state index in [2.05, 4.69) is 22.0 Å². The summed E-state index contributed by atoms with van der Waals surface area (Å²) in [5, 5.41) is 1.83. The Balaban J connectivity index is 2.45. The Labute approximate surface area is 102 Å². The number of halogens is 1. The SMILES string of the molecule is Cc1cc2cccc(Br)c2c(=O)n1C1CC1.